The standard InChI is InChI=1S/C16H12N6O3S/c1-10(14-18-19-15(25-14)13-7-4-8-26-13)24-16(23)11-5-2-3-6-12(11)22-9-17-20-21-22/h2-10H,1H3/t10-/m0/s1. The predicted octanol–water partition coefficient (Wildman–Crippen LogP) is 2.69. The number of hydrogen-bond acceptors (Lipinski definition) is 9. The number of thiophene rings is 1. The number of hydrogen-bond donors (Lipinski definition) is 0. The van der Waals surface area contributed by atoms with Crippen LogP contribution in [0.15, 0.2) is 52.5 Å². The number of para-hydroxylation sites is 1. The number of tetrazole rings is 1. The molecule has 0 saturated heterocycles. The molecule has 0 aliphatic rings. The Hall–Kier alpha value is -3.40. The summed E-state index contributed by atoms with van der Waals surface area (Å²) in [7, 11) is 0. The minimum absolute atomic E-state index is 0.224. The Labute approximate surface area is 151 Å². The van der Waals surface area contributed by atoms with Gasteiger partial charge in [0.15, 0.2) is 6.10 Å². The largest absolute Gasteiger partial charge is 0.449 e. The molecule has 4 rings (SSSR count). The number of carbonyl (C=O) groups excluding carboxylic acids is 1. The maximum absolute atomic E-state index is 12.6. The zero-order chi connectivity index (χ0) is 17.9. The highest BCUT2D eigenvalue weighted by molar-refractivity contribution is 7.13. The van der Waals surface area contributed by atoms with Crippen molar-refractivity contribution < 1.29 is 13.9 Å². The minimum atomic E-state index is -0.703. The summed E-state index contributed by atoms with van der Waals surface area (Å²) in [5, 5.41) is 20.8. The van der Waals surface area contributed by atoms with E-state index in [4.69, 9.17) is 9.15 Å². The van der Waals surface area contributed by atoms with E-state index in [2.05, 4.69) is 25.7 Å². The third kappa shape index (κ3) is 3.09. The maximum Gasteiger partial charge on any atom is 0.341 e. The molecule has 10 heteroatoms. The van der Waals surface area contributed by atoms with E-state index < -0.39 is 12.1 Å². The molecule has 0 aliphatic heterocycles. The molecule has 3 aromatic heterocycles. The average molecular weight is 368 g/mol. The summed E-state index contributed by atoms with van der Waals surface area (Å²) < 4.78 is 12.5. The fourth-order valence-electron chi connectivity index (χ4n) is 2.29. The van der Waals surface area contributed by atoms with E-state index in [9.17, 15) is 4.79 Å². The second-order valence-electron chi connectivity index (χ2n) is 5.24. The molecule has 0 fully saturated rings. The van der Waals surface area contributed by atoms with Crippen molar-refractivity contribution in [1.82, 2.24) is 30.4 Å². The quantitative estimate of drug-likeness (QED) is 0.495. The van der Waals surface area contributed by atoms with Crippen molar-refractivity contribution in [1.29, 1.82) is 0 Å². The Balaban J connectivity index is 1.54. The van der Waals surface area contributed by atoms with Crippen molar-refractivity contribution in [3.8, 4) is 16.5 Å². The van der Waals surface area contributed by atoms with Crippen LogP contribution >= 0.6 is 11.3 Å². The van der Waals surface area contributed by atoms with Gasteiger partial charge in [0.2, 0.25) is 0 Å². The highest BCUT2D eigenvalue weighted by Gasteiger charge is 2.22. The van der Waals surface area contributed by atoms with Crippen LogP contribution in [0.1, 0.15) is 29.3 Å². The van der Waals surface area contributed by atoms with Crippen molar-refractivity contribution in [2.75, 3.05) is 0 Å². The minimum Gasteiger partial charge on any atom is -0.449 e. The Morgan fingerprint density at radius 2 is 2.12 bits per heavy atom. The van der Waals surface area contributed by atoms with E-state index in [1.54, 1.807) is 31.2 Å². The summed E-state index contributed by atoms with van der Waals surface area (Å²) in [6.45, 7) is 1.67. The maximum atomic E-state index is 12.6. The third-order valence-electron chi connectivity index (χ3n) is 3.52. The molecule has 0 N–H and O–H groups in total. The lowest BCUT2D eigenvalue weighted by molar-refractivity contribution is 0.0280. The highest BCUT2D eigenvalue weighted by atomic mass is 32.1. The van der Waals surface area contributed by atoms with Crippen molar-refractivity contribution in [2.24, 2.45) is 0 Å². The van der Waals surface area contributed by atoms with Crippen LogP contribution in [0.2, 0.25) is 0 Å². The van der Waals surface area contributed by atoms with Gasteiger partial charge in [-0.3, -0.25) is 0 Å². The Kier molecular flexibility index (Phi) is 4.23. The van der Waals surface area contributed by atoms with E-state index >= 15 is 0 Å². The highest BCUT2D eigenvalue weighted by Crippen LogP contribution is 2.26. The van der Waals surface area contributed by atoms with Gasteiger partial charge in [-0.2, -0.15) is 4.68 Å². The van der Waals surface area contributed by atoms with Crippen molar-refractivity contribution in [3.63, 3.8) is 0 Å². The van der Waals surface area contributed by atoms with Gasteiger partial charge in [-0.05, 0) is 40.9 Å². The molecule has 9 nitrogen and oxygen atoms in total. The van der Waals surface area contributed by atoms with Crippen LogP contribution in [-0.2, 0) is 4.74 Å². The second-order valence-corrected chi connectivity index (χ2v) is 6.19. The molecule has 0 amide bonds. The number of nitrogens with zero attached hydrogens (tertiary/aromatic N) is 6. The Bertz CT molecular complexity index is 1010. The monoisotopic (exact) mass is 368 g/mol. The van der Waals surface area contributed by atoms with Crippen molar-refractivity contribution in [2.45, 2.75) is 13.0 Å². The van der Waals surface area contributed by atoms with Gasteiger partial charge in [0.1, 0.15) is 6.33 Å². The average Bonchev–Trinajstić information content (AvgIpc) is 3.43. The molecule has 1 aromatic carbocycles. The molecule has 4 aromatic rings. The first-order chi connectivity index (χ1) is 12.7. The number of esters is 1. The lowest BCUT2D eigenvalue weighted by Crippen LogP contribution is -2.13. The summed E-state index contributed by atoms with van der Waals surface area (Å²) >= 11 is 1.49. The van der Waals surface area contributed by atoms with Crippen LogP contribution in [0.4, 0.5) is 0 Å². The molecular weight excluding hydrogens is 356 g/mol. The van der Waals surface area contributed by atoms with Crippen LogP contribution < -0.4 is 0 Å². The van der Waals surface area contributed by atoms with Crippen LogP contribution in [0.5, 0.6) is 0 Å². The van der Waals surface area contributed by atoms with Gasteiger partial charge >= 0.3 is 5.97 Å². The van der Waals surface area contributed by atoms with Crippen LogP contribution in [-0.4, -0.2) is 36.4 Å². The van der Waals surface area contributed by atoms with Crippen LogP contribution in [0.25, 0.3) is 16.5 Å². The van der Waals surface area contributed by atoms with Crippen LogP contribution in [0, 0.1) is 0 Å². The first kappa shape index (κ1) is 16.1. The number of aromatic nitrogens is 6. The molecule has 0 aliphatic carbocycles. The zero-order valence-electron chi connectivity index (χ0n) is 13.5. The van der Waals surface area contributed by atoms with Crippen LogP contribution in [0.3, 0.4) is 0 Å². The van der Waals surface area contributed by atoms with E-state index in [1.807, 2.05) is 17.5 Å². The van der Waals surface area contributed by atoms with E-state index in [1.165, 1.54) is 22.3 Å². The molecule has 0 spiro atoms. The smallest absolute Gasteiger partial charge is 0.341 e. The molecule has 0 radical (unpaired) electrons. The normalized spacial score (nSPS) is 12.0. The summed E-state index contributed by atoms with van der Waals surface area (Å²) in [4.78, 5) is 13.4. The molecule has 130 valence electrons. The summed E-state index contributed by atoms with van der Waals surface area (Å²) in [5.74, 6) is 0.0770. The Morgan fingerprint density at radius 3 is 2.88 bits per heavy atom. The molecule has 0 saturated carbocycles. The summed E-state index contributed by atoms with van der Waals surface area (Å²) in [5.41, 5.74) is 0.837. The molecule has 3 heterocycles. The lowest BCUT2D eigenvalue weighted by atomic mass is 10.2. The van der Waals surface area contributed by atoms with E-state index in [0.29, 0.717) is 17.1 Å². The third-order valence-corrected chi connectivity index (χ3v) is 4.38. The van der Waals surface area contributed by atoms with Gasteiger partial charge in [-0.25, -0.2) is 4.79 Å². The van der Waals surface area contributed by atoms with Crippen molar-refractivity contribution in [3.05, 3.63) is 59.6 Å². The molecule has 0 bridgehead atoms. The Morgan fingerprint density at radius 1 is 1.23 bits per heavy atom. The predicted molar refractivity (Wildman–Crippen MR) is 90.6 cm³/mol. The van der Waals surface area contributed by atoms with Gasteiger partial charge in [0, 0.05) is 0 Å². The fourth-order valence-corrected chi connectivity index (χ4v) is 2.94. The van der Waals surface area contributed by atoms with Gasteiger partial charge in [0.25, 0.3) is 11.8 Å². The van der Waals surface area contributed by atoms with Crippen molar-refractivity contribution >= 4 is 17.3 Å². The lowest BCUT2D eigenvalue weighted by Gasteiger charge is -2.11. The molecule has 26 heavy (non-hydrogen) atoms. The van der Waals surface area contributed by atoms with Gasteiger partial charge in [-0.1, -0.05) is 18.2 Å². The van der Waals surface area contributed by atoms with E-state index in [0.717, 1.165) is 4.88 Å². The second kappa shape index (κ2) is 6.84. The summed E-state index contributed by atoms with van der Waals surface area (Å²) in [6, 6.07) is 10.6. The molecule has 0 unspecified atom stereocenters. The zero-order valence-corrected chi connectivity index (χ0v) is 14.3. The molecular formula is C16H12N6O3S. The fraction of sp³-hybridized carbons (Fsp3) is 0.125. The topological polar surface area (TPSA) is 109 Å². The number of benzene rings is 1. The number of carbonyl (C=O) groups is 1. The van der Waals surface area contributed by atoms with Gasteiger partial charge in [0.05, 0.1) is 16.1 Å². The van der Waals surface area contributed by atoms with E-state index in [-0.39, 0.29) is 5.89 Å². The number of rotatable bonds is 5. The number of ether oxygens (including phenoxy) is 1. The first-order valence-electron chi connectivity index (χ1n) is 7.63. The first-order valence-corrected chi connectivity index (χ1v) is 8.51. The SMILES string of the molecule is C[C@H](OC(=O)c1ccccc1-n1cnnn1)c1nnc(-c2cccs2)o1. The van der Waals surface area contributed by atoms with Gasteiger partial charge in [-0.15, -0.1) is 26.6 Å². The summed E-state index contributed by atoms with van der Waals surface area (Å²) in [6.07, 6.45) is 0.701. The molecule has 1 atom stereocenters. The van der Waals surface area contributed by atoms with Gasteiger partial charge < -0.3 is 9.15 Å².